The van der Waals surface area contributed by atoms with E-state index in [1.54, 1.807) is 0 Å². The Balaban J connectivity index is 2.31. The first kappa shape index (κ1) is 15.9. The Morgan fingerprint density at radius 3 is 2.32 bits per heavy atom. The summed E-state index contributed by atoms with van der Waals surface area (Å²) < 4.78 is 0. The Morgan fingerprint density at radius 1 is 1.11 bits per heavy atom. The number of rotatable bonds is 7. The molecule has 0 saturated heterocycles. The zero-order valence-corrected chi connectivity index (χ0v) is 13.1. The van der Waals surface area contributed by atoms with Crippen LogP contribution in [0.1, 0.15) is 30.9 Å². The molecule has 106 valence electrons. The quantitative estimate of drug-likeness (QED) is 0.516. The van der Waals surface area contributed by atoms with Gasteiger partial charge < -0.3 is 15.5 Å². The summed E-state index contributed by atoms with van der Waals surface area (Å²) in [5.74, 6) is 0. The Morgan fingerprint density at radius 2 is 1.74 bits per heavy atom. The molecule has 4 heteroatoms. The second kappa shape index (κ2) is 8.88. The van der Waals surface area contributed by atoms with Crippen molar-refractivity contribution in [2.45, 2.75) is 32.9 Å². The van der Waals surface area contributed by atoms with Crippen LogP contribution in [0.2, 0.25) is 0 Å². The predicted molar refractivity (Wildman–Crippen MR) is 85.3 cm³/mol. The number of unbranched alkanes of at least 4 members (excludes halogenated alkanes) is 1. The summed E-state index contributed by atoms with van der Waals surface area (Å²) in [5.41, 5.74) is 2.63. The lowest BCUT2D eigenvalue weighted by Crippen LogP contribution is -3.04. The topological polar surface area (TPSA) is 28.5 Å². The van der Waals surface area contributed by atoms with Gasteiger partial charge in [-0.05, 0) is 24.2 Å². The van der Waals surface area contributed by atoms with Gasteiger partial charge in [0.15, 0.2) is 5.11 Å². The summed E-state index contributed by atoms with van der Waals surface area (Å²) in [6.45, 7) is 4.97. The number of nitrogens with one attached hydrogen (secondary N) is 3. The number of hydrogen-bond acceptors (Lipinski definition) is 1. The van der Waals surface area contributed by atoms with Crippen molar-refractivity contribution < 1.29 is 4.90 Å². The molecule has 1 aromatic carbocycles. The normalized spacial score (nSPS) is 10.5. The van der Waals surface area contributed by atoms with Crippen LogP contribution in [-0.4, -0.2) is 25.8 Å². The van der Waals surface area contributed by atoms with Crippen molar-refractivity contribution in [3.8, 4) is 0 Å². The molecule has 0 saturated carbocycles. The molecule has 0 radical (unpaired) electrons. The zero-order chi connectivity index (χ0) is 14.1. The van der Waals surface area contributed by atoms with Gasteiger partial charge in [0, 0.05) is 18.7 Å². The van der Waals surface area contributed by atoms with Crippen LogP contribution in [0.25, 0.3) is 0 Å². The average Bonchev–Trinajstić information content (AvgIpc) is 2.37. The van der Waals surface area contributed by atoms with E-state index in [0.717, 1.165) is 31.2 Å². The van der Waals surface area contributed by atoms with Crippen LogP contribution < -0.4 is 15.5 Å². The lowest BCUT2D eigenvalue weighted by atomic mass is 10.1. The van der Waals surface area contributed by atoms with Gasteiger partial charge in [0.1, 0.15) is 6.54 Å². The fourth-order valence-corrected chi connectivity index (χ4v) is 1.98. The molecule has 1 aromatic rings. The minimum atomic E-state index is 0.746. The van der Waals surface area contributed by atoms with Crippen LogP contribution in [0.15, 0.2) is 24.3 Å². The molecule has 0 spiro atoms. The Hall–Kier alpha value is -1.13. The van der Waals surface area contributed by atoms with E-state index in [-0.39, 0.29) is 0 Å². The van der Waals surface area contributed by atoms with Crippen molar-refractivity contribution in [3.05, 3.63) is 35.4 Å². The molecule has 0 heterocycles. The summed E-state index contributed by atoms with van der Waals surface area (Å²) in [6, 6.07) is 8.72. The third-order valence-corrected chi connectivity index (χ3v) is 3.14. The molecule has 0 aliphatic rings. The summed E-state index contributed by atoms with van der Waals surface area (Å²) in [7, 11) is 4.33. The largest absolute Gasteiger partial charge is 0.363 e. The molecule has 0 atom stereocenters. The highest BCUT2D eigenvalue weighted by Gasteiger charge is 1.99. The third-order valence-electron chi connectivity index (χ3n) is 2.85. The molecule has 3 nitrogen and oxygen atoms in total. The molecule has 0 aliphatic heterocycles. The number of benzene rings is 1. The van der Waals surface area contributed by atoms with Crippen LogP contribution in [0.5, 0.6) is 0 Å². The highest BCUT2D eigenvalue weighted by molar-refractivity contribution is 7.80. The lowest BCUT2D eigenvalue weighted by Gasteiger charge is -2.11. The van der Waals surface area contributed by atoms with Crippen molar-refractivity contribution in [1.82, 2.24) is 10.6 Å². The first-order valence-electron chi connectivity index (χ1n) is 7.00. The summed E-state index contributed by atoms with van der Waals surface area (Å²) in [6.07, 6.45) is 2.34. The maximum atomic E-state index is 5.22. The van der Waals surface area contributed by atoms with Crippen molar-refractivity contribution in [2.24, 2.45) is 0 Å². The molecule has 1 rings (SSSR count). The van der Waals surface area contributed by atoms with E-state index in [9.17, 15) is 0 Å². The first-order valence-corrected chi connectivity index (χ1v) is 7.41. The zero-order valence-electron chi connectivity index (χ0n) is 12.3. The minimum absolute atomic E-state index is 0.746. The molecule has 0 unspecified atom stereocenters. The predicted octanol–water partition coefficient (Wildman–Crippen LogP) is 1.10. The van der Waals surface area contributed by atoms with E-state index in [1.807, 2.05) is 0 Å². The van der Waals surface area contributed by atoms with E-state index in [0.29, 0.717) is 0 Å². The van der Waals surface area contributed by atoms with E-state index < -0.39 is 0 Å². The Kier molecular flexibility index (Phi) is 7.45. The Bertz CT molecular complexity index is 373. The molecular weight excluding hydrogens is 254 g/mol. The fourth-order valence-electron chi connectivity index (χ4n) is 1.81. The van der Waals surface area contributed by atoms with Crippen LogP contribution in [-0.2, 0) is 13.1 Å². The molecule has 3 N–H and O–H groups in total. The van der Waals surface area contributed by atoms with Gasteiger partial charge in [-0.25, -0.2) is 0 Å². The van der Waals surface area contributed by atoms with Crippen LogP contribution in [0.3, 0.4) is 0 Å². The van der Waals surface area contributed by atoms with Gasteiger partial charge in [0.2, 0.25) is 0 Å². The molecule has 0 aromatic heterocycles. The van der Waals surface area contributed by atoms with Crippen LogP contribution in [0, 0.1) is 0 Å². The molecule has 0 aliphatic carbocycles. The van der Waals surface area contributed by atoms with Gasteiger partial charge in [-0.2, -0.15) is 0 Å². The van der Waals surface area contributed by atoms with Gasteiger partial charge in [0.25, 0.3) is 0 Å². The molecule has 0 bridgehead atoms. The summed E-state index contributed by atoms with van der Waals surface area (Å²) in [4.78, 5) is 1.44. The van der Waals surface area contributed by atoms with Gasteiger partial charge >= 0.3 is 0 Å². The van der Waals surface area contributed by atoms with E-state index in [4.69, 9.17) is 12.2 Å². The average molecular weight is 280 g/mol. The van der Waals surface area contributed by atoms with Crippen LogP contribution in [0.4, 0.5) is 0 Å². The highest BCUT2D eigenvalue weighted by Crippen LogP contribution is 2.03. The number of hydrogen-bond donors (Lipinski definition) is 3. The summed E-state index contributed by atoms with van der Waals surface area (Å²) in [5, 5.41) is 7.19. The molecular formula is C15H26N3S+. The van der Waals surface area contributed by atoms with Crippen molar-refractivity contribution >= 4 is 17.3 Å². The van der Waals surface area contributed by atoms with E-state index in [2.05, 4.69) is 55.9 Å². The molecule has 0 fully saturated rings. The standard InChI is InChI=1S/C15H25N3S/c1-4-5-10-16-15(19)17-11-13-6-8-14(9-7-13)12-18(2)3/h6-9H,4-5,10-12H2,1-3H3,(H2,16,17,19)/p+1. The highest BCUT2D eigenvalue weighted by atomic mass is 32.1. The van der Waals surface area contributed by atoms with Gasteiger partial charge in [-0.1, -0.05) is 37.6 Å². The third kappa shape index (κ3) is 7.13. The van der Waals surface area contributed by atoms with Gasteiger partial charge in [-0.15, -0.1) is 0 Å². The number of thiocarbonyl (C=S) groups is 1. The Labute approximate surface area is 122 Å². The minimum Gasteiger partial charge on any atom is -0.363 e. The fraction of sp³-hybridized carbons (Fsp3) is 0.533. The second-order valence-electron chi connectivity index (χ2n) is 5.16. The molecule has 0 amide bonds. The molecule has 19 heavy (non-hydrogen) atoms. The maximum absolute atomic E-state index is 5.22. The smallest absolute Gasteiger partial charge is 0.166 e. The first-order chi connectivity index (χ1) is 9.11. The van der Waals surface area contributed by atoms with Gasteiger partial charge in [-0.3, -0.25) is 0 Å². The van der Waals surface area contributed by atoms with E-state index in [1.165, 1.54) is 22.4 Å². The van der Waals surface area contributed by atoms with Crippen molar-refractivity contribution in [3.63, 3.8) is 0 Å². The summed E-state index contributed by atoms with van der Waals surface area (Å²) >= 11 is 5.22. The second-order valence-corrected chi connectivity index (χ2v) is 5.57. The maximum Gasteiger partial charge on any atom is 0.166 e. The van der Waals surface area contributed by atoms with Crippen molar-refractivity contribution in [2.75, 3.05) is 20.6 Å². The van der Waals surface area contributed by atoms with Gasteiger partial charge in [0.05, 0.1) is 14.1 Å². The van der Waals surface area contributed by atoms with E-state index >= 15 is 0 Å². The number of quaternary nitrogens is 1. The monoisotopic (exact) mass is 280 g/mol. The lowest BCUT2D eigenvalue weighted by molar-refractivity contribution is -0.872. The van der Waals surface area contributed by atoms with Crippen LogP contribution >= 0.6 is 12.2 Å². The van der Waals surface area contributed by atoms with Crippen molar-refractivity contribution in [1.29, 1.82) is 0 Å². The SMILES string of the molecule is CCCCNC(=S)NCc1ccc(C[NH+](C)C)cc1.